The zero-order valence-electron chi connectivity index (χ0n) is 13.1. The van der Waals surface area contributed by atoms with E-state index in [0.29, 0.717) is 11.0 Å². The molecule has 0 amide bonds. The molecule has 122 valence electrons. The molecule has 3 atom stereocenters. The van der Waals surface area contributed by atoms with Crippen LogP contribution in [0.1, 0.15) is 25.7 Å². The second kappa shape index (κ2) is 5.40. The molecule has 0 bridgehead atoms. The molecule has 2 aromatic rings. The van der Waals surface area contributed by atoms with Crippen molar-refractivity contribution < 1.29 is 9.47 Å². The predicted molar refractivity (Wildman–Crippen MR) is 97.1 cm³/mol. The van der Waals surface area contributed by atoms with Gasteiger partial charge in [0.2, 0.25) is 0 Å². The zero-order valence-corrected chi connectivity index (χ0v) is 16.0. The standard InChI is InChI=1S/C16H17ClIN3O2/c1-8-19-14(17)10-4-5-21(15(10)20-8)11-6-9(7-18)12-13(11)23-16(2,3)22-12/h4-6,11-13H,7H2,1-3H3/t11-,12-,13+/m1/s1. The average molecular weight is 446 g/mol. The van der Waals surface area contributed by atoms with Crippen LogP contribution in [0.4, 0.5) is 0 Å². The van der Waals surface area contributed by atoms with Crippen LogP contribution < -0.4 is 0 Å². The molecule has 23 heavy (non-hydrogen) atoms. The summed E-state index contributed by atoms with van der Waals surface area (Å²) in [5, 5.41) is 1.35. The Bertz CT molecular complexity index is 817. The Hall–Kier alpha value is -0.700. The summed E-state index contributed by atoms with van der Waals surface area (Å²) in [7, 11) is 0. The molecule has 5 nitrogen and oxygen atoms in total. The Morgan fingerprint density at radius 1 is 1.35 bits per heavy atom. The van der Waals surface area contributed by atoms with E-state index in [-0.39, 0.29) is 18.2 Å². The van der Waals surface area contributed by atoms with Crippen LogP contribution in [0, 0.1) is 6.92 Å². The predicted octanol–water partition coefficient (Wildman–Crippen LogP) is 3.83. The molecule has 3 heterocycles. The van der Waals surface area contributed by atoms with Crippen molar-refractivity contribution in [2.24, 2.45) is 0 Å². The number of aryl methyl sites for hydroxylation is 1. The highest BCUT2D eigenvalue weighted by atomic mass is 127. The van der Waals surface area contributed by atoms with Crippen LogP contribution in [-0.4, -0.2) is 37.0 Å². The van der Waals surface area contributed by atoms with E-state index in [1.807, 2.05) is 33.0 Å². The van der Waals surface area contributed by atoms with E-state index in [1.165, 1.54) is 5.57 Å². The topological polar surface area (TPSA) is 49.2 Å². The molecule has 1 aliphatic carbocycles. The number of fused-ring (bicyclic) bond motifs is 2. The maximum atomic E-state index is 6.26. The molecule has 0 unspecified atom stereocenters. The summed E-state index contributed by atoms with van der Waals surface area (Å²) in [4.78, 5) is 8.81. The summed E-state index contributed by atoms with van der Waals surface area (Å²) in [6.07, 6.45) is 4.21. The fraction of sp³-hybridized carbons (Fsp3) is 0.500. The number of alkyl halides is 1. The first-order valence-corrected chi connectivity index (χ1v) is 9.43. The molecule has 1 fully saturated rings. The summed E-state index contributed by atoms with van der Waals surface area (Å²) < 4.78 is 15.3. The highest BCUT2D eigenvalue weighted by Crippen LogP contribution is 2.44. The van der Waals surface area contributed by atoms with Gasteiger partial charge in [-0.25, -0.2) is 9.97 Å². The van der Waals surface area contributed by atoms with Gasteiger partial charge in [0.1, 0.15) is 28.8 Å². The monoisotopic (exact) mass is 445 g/mol. The Morgan fingerprint density at radius 2 is 2.13 bits per heavy atom. The van der Waals surface area contributed by atoms with Crippen molar-refractivity contribution in [2.45, 2.75) is 44.8 Å². The number of rotatable bonds is 2. The van der Waals surface area contributed by atoms with Crippen molar-refractivity contribution in [3.8, 4) is 0 Å². The second-order valence-corrected chi connectivity index (χ2v) is 7.53. The van der Waals surface area contributed by atoms with Crippen LogP contribution in [0.2, 0.25) is 5.15 Å². The van der Waals surface area contributed by atoms with Crippen LogP contribution in [0.15, 0.2) is 23.9 Å². The quantitative estimate of drug-likeness (QED) is 0.305. The summed E-state index contributed by atoms with van der Waals surface area (Å²) in [5.41, 5.74) is 2.11. The fourth-order valence-corrected chi connectivity index (χ4v) is 4.39. The van der Waals surface area contributed by atoms with E-state index in [9.17, 15) is 0 Å². The normalized spacial score (nSPS) is 29.1. The molecule has 4 rings (SSSR count). The third-order valence-corrected chi connectivity index (χ3v) is 5.50. The fourth-order valence-electron chi connectivity index (χ4n) is 3.43. The third kappa shape index (κ3) is 2.50. The van der Waals surface area contributed by atoms with E-state index >= 15 is 0 Å². The first-order chi connectivity index (χ1) is 10.9. The van der Waals surface area contributed by atoms with Crippen LogP contribution in [0.25, 0.3) is 11.0 Å². The maximum absolute atomic E-state index is 6.26. The Labute approximate surface area is 153 Å². The highest BCUT2D eigenvalue weighted by molar-refractivity contribution is 14.1. The average Bonchev–Trinajstić information content (AvgIpc) is 3.09. The first kappa shape index (κ1) is 15.8. The molecule has 1 aliphatic heterocycles. The minimum absolute atomic E-state index is 0.00255. The number of aromatic nitrogens is 3. The van der Waals surface area contributed by atoms with Gasteiger partial charge < -0.3 is 14.0 Å². The van der Waals surface area contributed by atoms with Crippen molar-refractivity contribution in [1.29, 1.82) is 0 Å². The molecule has 2 aromatic heterocycles. The summed E-state index contributed by atoms with van der Waals surface area (Å²) in [6.45, 7) is 5.78. The van der Waals surface area contributed by atoms with E-state index in [0.717, 1.165) is 15.5 Å². The van der Waals surface area contributed by atoms with Crippen LogP contribution in [-0.2, 0) is 9.47 Å². The number of halogens is 2. The van der Waals surface area contributed by atoms with Gasteiger partial charge in [0.05, 0.1) is 11.4 Å². The minimum Gasteiger partial charge on any atom is -0.342 e. The van der Waals surface area contributed by atoms with Gasteiger partial charge in [-0.3, -0.25) is 0 Å². The van der Waals surface area contributed by atoms with Gasteiger partial charge in [0.15, 0.2) is 5.79 Å². The number of ether oxygens (including phenoxy) is 2. The van der Waals surface area contributed by atoms with Crippen LogP contribution in [0.3, 0.4) is 0 Å². The highest BCUT2D eigenvalue weighted by Gasteiger charge is 2.50. The Kier molecular flexibility index (Phi) is 3.71. The SMILES string of the molecule is Cc1nc(Cl)c2ccn([C@@H]3C=C(CI)[C@H]4OC(C)(C)O[C@H]43)c2n1. The zero-order chi connectivity index (χ0) is 16.4. The molecule has 0 spiro atoms. The molecule has 0 N–H and O–H groups in total. The lowest BCUT2D eigenvalue weighted by Crippen LogP contribution is -2.28. The summed E-state index contributed by atoms with van der Waals surface area (Å²) in [6, 6.07) is 2.01. The van der Waals surface area contributed by atoms with E-state index in [4.69, 9.17) is 21.1 Å². The van der Waals surface area contributed by atoms with Gasteiger partial charge in [-0.2, -0.15) is 0 Å². The number of hydrogen-bond acceptors (Lipinski definition) is 4. The van der Waals surface area contributed by atoms with E-state index in [1.54, 1.807) is 0 Å². The van der Waals surface area contributed by atoms with Gasteiger partial charge in [0, 0.05) is 10.6 Å². The minimum atomic E-state index is -0.565. The Morgan fingerprint density at radius 3 is 2.87 bits per heavy atom. The van der Waals surface area contributed by atoms with Crippen LogP contribution >= 0.6 is 34.2 Å². The molecule has 2 aliphatic rings. The van der Waals surface area contributed by atoms with Gasteiger partial charge in [-0.1, -0.05) is 40.3 Å². The summed E-state index contributed by atoms with van der Waals surface area (Å²) >= 11 is 8.63. The third-order valence-electron chi connectivity index (χ3n) is 4.33. The molecule has 0 radical (unpaired) electrons. The molecule has 1 saturated heterocycles. The Balaban J connectivity index is 1.83. The van der Waals surface area contributed by atoms with Crippen molar-refractivity contribution in [2.75, 3.05) is 4.43 Å². The first-order valence-electron chi connectivity index (χ1n) is 7.52. The summed E-state index contributed by atoms with van der Waals surface area (Å²) in [5.74, 6) is 0.101. The van der Waals surface area contributed by atoms with Crippen molar-refractivity contribution >= 4 is 45.2 Å². The molecular formula is C16H17ClIN3O2. The van der Waals surface area contributed by atoms with Gasteiger partial charge >= 0.3 is 0 Å². The smallest absolute Gasteiger partial charge is 0.164 e. The largest absolute Gasteiger partial charge is 0.342 e. The van der Waals surface area contributed by atoms with Crippen molar-refractivity contribution in [3.63, 3.8) is 0 Å². The molecule has 0 saturated carbocycles. The lowest BCUT2D eigenvalue weighted by atomic mass is 10.1. The molecule has 0 aromatic carbocycles. The van der Waals surface area contributed by atoms with Crippen molar-refractivity contribution in [1.82, 2.24) is 14.5 Å². The van der Waals surface area contributed by atoms with Gasteiger partial charge in [-0.05, 0) is 32.4 Å². The number of hydrogen-bond donors (Lipinski definition) is 0. The molecular weight excluding hydrogens is 429 g/mol. The lowest BCUT2D eigenvalue weighted by Gasteiger charge is -2.22. The van der Waals surface area contributed by atoms with E-state index in [2.05, 4.69) is 43.2 Å². The number of nitrogens with zero attached hydrogens (tertiary/aromatic N) is 3. The van der Waals surface area contributed by atoms with Gasteiger partial charge in [-0.15, -0.1) is 0 Å². The lowest BCUT2D eigenvalue weighted by molar-refractivity contribution is -0.147. The second-order valence-electron chi connectivity index (χ2n) is 6.41. The van der Waals surface area contributed by atoms with E-state index < -0.39 is 5.79 Å². The van der Waals surface area contributed by atoms with Gasteiger partial charge in [0.25, 0.3) is 0 Å². The van der Waals surface area contributed by atoms with Crippen molar-refractivity contribution in [3.05, 3.63) is 34.9 Å². The molecule has 7 heteroatoms. The van der Waals surface area contributed by atoms with Crippen LogP contribution in [0.5, 0.6) is 0 Å². The maximum Gasteiger partial charge on any atom is 0.164 e.